The number of esters is 3. The van der Waals surface area contributed by atoms with Crippen LogP contribution in [-0.2, 0) is 35.0 Å². The molecule has 1 aromatic carbocycles. The number of hydrogen-bond acceptors (Lipinski definition) is 12. The number of nitrogens with zero attached hydrogens (tertiary/aromatic N) is 3. The number of anilines is 1. The summed E-state index contributed by atoms with van der Waals surface area (Å²) >= 11 is 0. The fourth-order valence-electron chi connectivity index (χ4n) is 3.21. The number of ether oxygens (including phenoxy) is 3. The van der Waals surface area contributed by atoms with Crippen molar-refractivity contribution >= 4 is 23.6 Å². The third kappa shape index (κ3) is 12.2. The molecule has 0 fully saturated rings. The van der Waals surface area contributed by atoms with Crippen LogP contribution in [0.15, 0.2) is 29.4 Å². The van der Waals surface area contributed by atoms with Gasteiger partial charge in [-0.3, -0.25) is 24.2 Å². The molecule has 0 saturated heterocycles. The lowest BCUT2D eigenvalue weighted by Crippen LogP contribution is -2.49. The standard InChI is InChI=1S/C22H35N5O7/c1-17(28)34-16-27(11-9-25-31)20(12-18-4-6-19(23)7-5-18)14-26(15-22(30)33-3)10-8-24-13-21(29)32-2/h4-7,20,24H,8-16,23H2,1-3H3. The zero-order chi connectivity index (χ0) is 25.3. The summed E-state index contributed by atoms with van der Waals surface area (Å²) in [5, 5.41) is 5.91. The molecule has 190 valence electrons. The van der Waals surface area contributed by atoms with Crippen molar-refractivity contribution in [2.24, 2.45) is 5.18 Å². The largest absolute Gasteiger partial charge is 0.468 e. The zero-order valence-electron chi connectivity index (χ0n) is 20.0. The first kappa shape index (κ1) is 28.9. The van der Waals surface area contributed by atoms with Gasteiger partial charge in [0.25, 0.3) is 0 Å². The number of nitroso groups, excluding NO2 is 1. The van der Waals surface area contributed by atoms with E-state index in [9.17, 15) is 19.3 Å². The minimum Gasteiger partial charge on any atom is -0.468 e. The van der Waals surface area contributed by atoms with E-state index in [1.807, 2.05) is 21.9 Å². The number of carbonyl (C=O) groups excluding carboxylic acids is 3. The molecule has 34 heavy (non-hydrogen) atoms. The summed E-state index contributed by atoms with van der Waals surface area (Å²) in [4.78, 5) is 49.3. The van der Waals surface area contributed by atoms with Crippen molar-refractivity contribution in [1.29, 1.82) is 0 Å². The van der Waals surface area contributed by atoms with E-state index in [-0.39, 0.29) is 39.0 Å². The molecule has 1 atom stereocenters. The number of rotatable bonds is 17. The van der Waals surface area contributed by atoms with Gasteiger partial charge in [-0.1, -0.05) is 17.3 Å². The minimum atomic E-state index is -0.450. The van der Waals surface area contributed by atoms with Gasteiger partial charge in [-0.15, -0.1) is 0 Å². The van der Waals surface area contributed by atoms with Crippen LogP contribution in [0, 0.1) is 4.91 Å². The summed E-state index contributed by atoms with van der Waals surface area (Å²) in [6.07, 6.45) is 0.535. The number of carbonyl (C=O) groups is 3. The van der Waals surface area contributed by atoms with Gasteiger partial charge >= 0.3 is 17.9 Å². The predicted octanol–water partition coefficient (Wildman–Crippen LogP) is 0.00650. The normalized spacial score (nSPS) is 11.8. The second-order valence-corrected chi connectivity index (χ2v) is 7.59. The van der Waals surface area contributed by atoms with Crippen molar-refractivity contribution in [3.8, 4) is 0 Å². The number of benzene rings is 1. The van der Waals surface area contributed by atoms with E-state index in [0.29, 0.717) is 31.7 Å². The van der Waals surface area contributed by atoms with Crippen molar-refractivity contribution in [2.75, 3.05) is 72.5 Å². The summed E-state index contributed by atoms with van der Waals surface area (Å²) in [5.74, 6) is -1.26. The quantitative estimate of drug-likeness (QED) is 0.0772. The van der Waals surface area contributed by atoms with Crippen LogP contribution in [0.5, 0.6) is 0 Å². The third-order valence-electron chi connectivity index (χ3n) is 5.03. The zero-order valence-corrected chi connectivity index (χ0v) is 20.0. The Hall–Kier alpha value is -3.09. The Morgan fingerprint density at radius 3 is 2.35 bits per heavy atom. The summed E-state index contributed by atoms with van der Waals surface area (Å²) in [6.45, 7) is 2.85. The Morgan fingerprint density at radius 2 is 1.76 bits per heavy atom. The van der Waals surface area contributed by atoms with Crippen molar-refractivity contribution in [1.82, 2.24) is 15.1 Å². The molecule has 3 N–H and O–H groups in total. The van der Waals surface area contributed by atoms with E-state index < -0.39 is 17.9 Å². The van der Waals surface area contributed by atoms with Gasteiger partial charge in [0.1, 0.15) is 6.73 Å². The molecule has 0 saturated carbocycles. The minimum absolute atomic E-state index is 0.0111. The Labute approximate surface area is 199 Å². The molecule has 0 aromatic heterocycles. The number of hydrogen-bond donors (Lipinski definition) is 2. The molecule has 0 radical (unpaired) electrons. The topological polar surface area (TPSA) is 153 Å². The molecule has 12 nitrogen and oxygen atoms in total. The van der Waals surface area contributed by atoms with Crippen LogP contribution < -0.4 is 11.1 Å². The van der Waals surface area contributed by atoms with Gasteiger partial charge in [0.05, 0.1) is 33.9 Å². The maximum absolute atomic E-state index is 12.0. The van der Waals surface area contributed by atoms with Gasteiger partial charge in [-0.25, -0.2) is 0 Å². The van der Waals surface area contributed by atoms with Crippen molar-refractivity contribution in [3.63, 3.8) is 0 Å². The van der Waals surface area contributed by atoms with E-state index >= 15 is 0 Å². The average Bonchev–Trinajstić information content (AvgIpc) is 2.82. The van der Waals surface area contributed by atoms with Crippen LogP contribution in [0.3, 0.4) is 0 Å². The van der Waals surface area contributed by atoms with Crippen LogP contribution in [0.2, 0.25) is 0 Å². The first-order chi connectivity index (χ1) is 16.3. The molecule has 0 spiro atoms. The monoisotopic (exact) mass is 481 g/mol. The van der Waals surface area contributed by atoms with Crippen molar-refractivity contribution in [3.05, 3.63) is 34.7 Å². The number of nitrogens with one attached hydrogen (secondary N) is 1. The van der Waals surface area contributed by atoms with Gasteiger partial charge in [-0.2, -0.15) is 4.91 Å². The summed E-state index contributed by atoms with van der Waals surface area (Å²) in [7, 11) is 2.62. The summed E-state index contributed by atoms with van der Waals surface area (Å²) < 4.78 is 14.7. The van der Waals surface area contributed by atoms with E-state index in [4.69, 9.17) is 15.2 Å². The molecular weight excluding hydrogens is 446 g/mol. The van der Waals surface area contributed by atoms with Gasteiger partial charge in [0.2, 0.25) is 0 Å². The van der Waals surface area contributed by atoms with Gasteiger partial charge in [0, 0.05) is 44.8 Å². The fourth-order valence-corrected chi connectivity index (χ4v) is 3.21. The van der Waals surface area contributed by atoms with E-state index in [2.05, 4.69) is 15.2 Å². The highest BCUT2D eigenvalue weighted by Crippen LogP contribution is 2.14. The van der Waals surface area contributed by atoms with Crippen molar-refractivity contribution < 1.29 is 28.6 Å². The predicted molar refractivity (Wildman–Crippen MR) is 126 cm³/mol. The van der Waals surface area contributed by atoms with Crippen LogP contribution in [0.4, 0.5) is 5.69 Å². The molecule has 0 aliphatic heterocycles. The highest BCUT2D eigenvalue weighted by molar-refractivity contribution is 5.71. The lowest BCUT2D eigenvalue weighted by molar-refractivity contribution is -0.147. The van der Waals surface area contributed by atoms with Gasteiger partial charge < -0.3 is 25.3 Å². The second kappa shape index (κ2) is 16.5. The third-order valence-corrected chi connectivity index (χ3v) is 5.03. The fraction of sp³-hybridized carbons (Fsp3) is 0.591. The maximum atomic E-state index is 12.0. The Bertz CT molecular complexity index is 775. The Morgan fingerprint density at radius 1 is 1.09 bits per heavy atom. The highest BCUT2D eigenvalue weighted by Gasteiger charge is 2.24. The lowest BCUT2D eigenvalue weighted by atomic mass is 10.0. The van der Waals surface area contributed by atoms with E-state index in [1.54, 1.807) is 12.1 Å². The summed E-state index contributed by atoms with van der Waals surface area (Å²) in [5.41, 5.74) is 7.41. The van der Waals surface area contributed by atoms with E-state index in [1.165, 1.54) is 21.1 Å². The first-order valence-electron chi connectivity index (χ1n) is 10.9. The molecule has 0 heterocycles. The lowest BCUT2D eigenvalue weighted by Gasteiger charge is -2.34. The Balaban J connectivity index is 3.05. The van der Waals surface area contributed by atoms with Crippen LogP contribution >= 0.6 is 0 Å². The SMILES string of the molecule is COC(=O)CNCCN(CC(=O)OC)CC(Cc1ccc(N)cc1)N(CCN=O)COC(C)=O. The Kier molecular flexibility index (Phi) is 14.1. The molecular formula is C22H35N5O7. The van der Waals surface area contributed by atoms with E-state index in [0.717, 1.165) is 5.56 Å². The summed E-state index contributed by atoms with van der Waals surface area (Å²) in [6, 6.07) is 7.13. The molecule has 1 unspecified atom stereocenters. The van der Waals surface area contributed by atoms with Crippen LogP contribution in [-0.4, -0.2) is 101 Å². The van der Waals surface area contributed by atoms with Gasteiger partial charge in [-0.05, 0) is 24.1 Å². The molecule has 12 heteroatoms. The van der Waals surface area contributed by atoms with Crippen molar-refractivity contribution in [2.45, 2.75) is 19.4 Å². The number of nitrogens with two attached hydrogens (primary N) is 1. The van der Waals surface area contributed by atoms with Crippen LogP contribution in [0.25, 0.3) is 0 Å². The highest BCUT2D eigenvalue weighted by atomic mass is 16.5. The number of methoxy groups -OCH3 is 2. The first-order valence-corrected chi connectivity index (χ1v) is 10.9. The van der Waals surface area contributed by atoms with Crippen LogP contribution in [0.1, 0.15) is 12.5 Å². The molecule has 0 bridgehead atoms. The number of nitrogen functional groups attached to an aromatic ring is 1. The smallest absolute Gasteiger partial charge is 0.319 e. The molecule has 1 aromatic rings. The average molecular weight is 482 g/mol. The second-order valence-electron chi connectivity index (χ2n) is 7.59. The molecule has 1 rings (SSSR count). The molecule has 0 aliphatic rings. The van der Waals surface area contributed by atoms with Gasteiger partial charge in [0.15, 0.2) is 0 Å². The maximum Gasteiger partial charge on any atom is 0.319 e. The molecule has 0 aliphatic carbocycles. The molecule has 0 amide bonds.